The van der Waals surface area contributed by atoms with Gasteiger partial charge < -0.3 is 10.3 Å². The Kier molecular flexibility index (Phi) is 3.88. The molecular formula is C12H15N3S. The van der Waals surface area contributed by atoms with Crippen LogP contribution in [-0.4, -0.2) is 16.2 Å². The van der Waals surface area contributed by atoms with Crippen molar-refractivity contribution in [1.29, 1.82) is 0 Å². The minimum Gasteiger partial charge on any atom is -0.367 e. The molecule has 16 heavy (non-hydrogen) atoms. The molecule has 84 valence electrons. The van der Waals surface area contributed by atoms with Crippen LogP contribution in [0, 0.1) is 0 Å². The number of aromatic nitrogens is 2. The Bertz CT molecular complexity index is 426. The monoisotopic (exact) mass is 233 g/mol. The summed E-state index contributed by atoms with van der Waals surface area (Å²) in [7, 11) is 0. The normalized spacial score (nSPS) is 10.3. The van der Waals surface area contributed by atoms with Gasteiger partial charge in [0.2, 0.25) is 0 Å². The first-order valence-corrected chi connectivity index (χ1v) is 6.57. The molecule has 0 aliphatic rings. The van der Waals surface area contributed by atoms with E-state index in [1.807, 2.05) is 30.4 Å². The molecule has 2 heterocycles. The van der Waals surface area contributed by atoms with Gasteiger partial charge in [-0.2, -0.15) is 11.8 Å². The molecule has 0 amide bonds. The molecule has 2 aromatic rings. The van der Waals surface area contributed by atoms with Crippen molar-refractivity contribution in [3.05, 3.63) is 47.9 Å². The summed E-state index contributed by atoms with van der Waals surface area (Å²) in [4.78, 5) is 7.32. The second kappa shape index (κ2) is 5.61. The predicted molar refractivity (Wildman–Crippen MR) is 69.6 cm³/mol. The molecule has 0 radical (unpaired) electrons. The van der Waals surface area contributed by atoms with Crippen molar-refractivity contribution in [1.82, 2.24) is 9.97 Å². The number of thioether (sulfide) groups is 1. The number of nitrogens with zero attached hydrogens (tertiary/aromatic N) is 1. The van der Waals surface area contributed by atoms with Gasteiger partial charge in [0, 0.05) is 30.9 Å². The van der Waals surface area contributed by atoms with Crippen LogP contribution in [0.25, 0.3) is 0 Å². The lowest BCUT2D eigenvalue weighted by molar-refractivity contribution is 1.11. The van der Waals surface area contributed by atoms with Crippen molar-refractivity contribution in [3.63, 3.8) is 0 Å². The number of H-pyrrole nitrogens is 1. The fourth-order valence-electron chi connectivity index (χ4n) is 1.49. The summed E-state index contributed by atoms with van der Waals surface area (Å²) in [6.07, 6.45) is 7.87. The Morgan fingerprint density at radius 3 is 3.06 bits per heavy atom. The number of anilines is 1. The molecule has 3 nitrogen and oxygen atoms in total. The van der Waals surface area contributed by atoms with Crippen molar-refractivity contribution in [2.75, 3.05) is 11.6 Å². The number of rotatable bonds is 5. The van der Waals surface area contributed by atoms with Gasteiger partial charge in [-0.15, -0.1) is 0 Å². The number of aromatic amines is 1. The molecule has 0 spiro atoms. The van der Waals surface area contributed by atoms with E-state index in [4.69, 9.17) is 0 Å². The summed E-state index contributed by atoms with van der Waals surface area (Å²) in [6.45, 7) is 0.805. The van der Waals surface area contributed by atoms with Gasteiger partial charge in [-0.1, -0.05) is 0 Å². The molecular weight excluding hydrogens is 218 g/mol. The zero-order chi connectivity index (χ0) is 11.2. The molecule has 0 fully saturated rings. The first-order chi connectivity index (χ1) is 7.88. The van der Waals surface area contributed by atoms with Crippen LogP contribution in [-0.2, 0) is 12.3 Å². The van der Waals surface area contributed by atoms with E-state index >= 15 is 0 Å². The average Bonchev–Trinajstić information content (AvgIpc) is 2.80. The van der Waals surface area contributed by atoms with E-state index in [0.717, 1.165) is 18.1 Å². The molecule has 0 aromatic carbocycles. The van der Waals surface area contributed by atoms with Crippen LogP contribution < -0.4 is 5.32 Å². The lowest BCUT2D eigenvalue weighted by Crippen LogP contribution is -2.00. The van der Waals surface area contributed by atoms with Crippen LogP contribution in [0.4, 0.5) is 5.82 Å². The molecule has 2 N–H and O–H groups in total. The van der Waals surface area contributed by atoms with Gasteiger partial charge in [-0.25, -0.2) is 4.98 Å². The Morgan fingerprint density at radius 2 is 2.31 bits per heavy atom. The topological polar surface area (TPSA) is 40.7 Å². The highest BCUT2D eigenvalue weighted by atomic mass is 32.2. The Labute approximate surface area is 99.7 Å². The lowest BCUT2D eigenvalue weighted by Gasteiger charge is -2.05. The first-order valence-electron chi connectivity index (χ1n) is 5.18. The zero-order valence-corrected chi connectivity index (χ0v) is 10.1. The highest BCUT2D eigenvalue weighted by molar-refractivity contribution is 7.97. The minimum absolute atomic E-state index is 0.805. The van der Waals surface area contributed by atoms with E-state index in [1.54, 1.807) is 0 Å². The largest absolute Gasteiger partial charge is 0.367 e. The number of hydrogen-bond donors (Lipinski definition) is 2. The smallest absolute Gasteiger partial charge is 0.126 e. The number of pyridine rings is 1. The second-order valence-electron chi connectivity index (χ2n) is 3.56. The predicted octanol–water partition coefficient (Wildman–Crippen LogP) is 2.88. The quantitative estimate of drug-likeness (QED) is 0.834. The van der Waals surface area contributed by atoms with Gasteiger partial charge in [0.15, 0.2) is 0 Å². The summed E-state index contributed by atoms with van der Waals surface area (Å²) in [5, 5.41) is 3.31. The van der Waals surface area contributed by atoms with Crippen LogP contribution in [0.15, 0.2) is 36.8 Å². The zero-order valence-electron chi connectivity index (χ0n) is 9.23. The molecule has 4 heteroatoms. The summed E-state index contributed by atoms with van der Waals surface area (Å²) in [5.74, 6) is 1.97. The summed E-state index contributed by atoms with van der Waals surface area (Å²) in [5.41, 5.74) is 2.54. The summed E-state index contributed by atoms with van der Waals surface area (Å²) < 4.78 is 0. The lowest BCUT2D eigenvalue weighted by atomic mass is 10.3. The molecule has 0 bridgehead atoms. The highest BCUT2D eigenvalue weighted by Crippen LogP contribution is 2.13. The van der Waals surface area contributed by atoms with Crippen molar-refractivity contribution in [2.24, 2.45) is 0 Å². The maximum atomic E-state index is 4.29. The molecule has 0 unspecified atom stereocenters. The standard InChI is InChI=1S/C12H15N3S/c1-16-9-10-3-5-14-12(6-10)15-8-11-2-4-13-7-11/h2-7,13H,8-9H2,1H3,(H,14,15). The van der Waals surface area contributed by atoms with Crippen molar-refractivity contribution in [2.45, 2.75) is 12.3 Å². The van der Waals surface area contributed by atoms with Crippen LogP contribution in [0.3, 0.4) is 0 Å². The van der Waals surface area contributed by atoms with Crippen molar-refractivity contribution in [3.8, 4) is 0 Å². The third-order valence-corrected chi connectivity index (χ3v) is 2.89. The number of nitrogens with one attached hydrogen (secondary N) is 2. The maximum absolute atomic E-state index is 4.29. The molecule has 0 saturated heterocycles. The van der Waals surface area contributed by atoms with Crippen LogP contribution in [0.5, 0.6) is 0 Å². The number of hydrogen-bond acceptors (Lipinski definition) is 3. The third-order valence-electron chi connectivity index (χ3n) is 2.27. The maximum Gasteiger partial charge on any atom is 0.126 e. The minimum atomic E-state index is 0.805. The highest BCUT2D eigenvalue weighted by Gasteiger charge is 1.97. The van der Waals surface area contributed by atoms with Crippen LogP contribution in [0.1, 0.15) is 11.1 Å². The van der Waals surface area contributed by atoms with Gasteiger partial charge in [0.05, 0.1) is 0 Å². The SMILES string of the molecule is CSCc1ccnc(NCc2cc[nH]c2)c1. The Morgan fingerprint density at radius 1 is 1.38 bits per heavy atom. The molecule has 2 aromatic heterocycles. The van der Waals surface area contributed by atoms with E-state index in [0.29, 0.717) is 0 Å². The summed E-state index contributed by atoms with van der Waals surface area (Å²) >= 11 is 1.82. The van der Waals surface area contributed by atoms with Crippen molar-refractivity contribution >= 4 is 17.6 Å². The van der Waals surface area contributed by atoms with Crippen molar-refractivity contribution < 1.29 is 0 Å². The first kappa shape index (κ1) is 11.1. The second-order valence-corrected chi connectivity index (χ2v) is 4.42. The third kappa shape index (κ3) is 3.03. The molecule has 0 aliphatic carbocycles. The van der Waals surface area contributed by atoms with E-state index in [2.05, 4.69) is 39.7 Å². The van der Waals surface area contributed by atoms with Gasteiger partial charge in [-0.05, 0) is 35.6 Å². The van der Waals surface area contributed by atoms with E-state index < -0.39 is 0 Å². The molecule has 0 saturated carbocycles. The molecule has 2 rings (SSSR count). The van der Waals surface area contributed by atoms with E-state index in [1.165, 1.54) is 11.1 Å². The van der Waals surface area contributed by atoms with E-state index in [9.17, 15) is 0 Å². The molecule has 0 aliphatic heterocycles. The Balaban J connectivity index is 1.96. The van der Waals surface area contributed by atoms with Gasteiger partial charge in [0.1, 0.15) is 5.82 Å². The molecule has 0 atom stereocenters. The van der Waals surface area contributed by atoms with Crippen LogP contribution in [0.2, 0.25) is 0 Å². The Hall–Kier alpha value is -1.42. The average molecular weight is 233 g/mol. The summed E-state index contributed by atoms with van der Waals surface area (Å²) in [6, 6.07) is 6.21. The fourth-order valence-corrected chi connectivity index (χ4v) is 2.00. The van der Waals surface area contributed by atoms with Gasteiger partial charge in [0.25, 0.3) is 0 Å². The van der Waals surface area contributed by atoms with Crippen LogP contribution >= 0.6 is 11.8 Å². The van der Waals surface area contributed by atoms with Gasteiger partial charge >= 0.3 is 0 Å². The fraction of sp³-hybridized carbons (Fsp3) is 0.250. The van der Waals surface area contributed by atoms with E-state index in [-0.39, 0.29) is 0 Å². The van der Waals surface area contributed by atoms with Gasteiger partial charge in [-0.3, -0.25) is 0 Å².